The van der Waals surface area contributed by atoms with Crippen LogP contribution in [-0.2, 0) is 24.3 Å². The van der Waals surface area contributed by atoms with Crippen LogP contribution >= 0.6 is 0 Å². The van der Waals surface area contributed by atoms with Crippen molar-refractivity contribution < 1.29 is 9.53 Å². The maximum atomic E-state index is 13.6. The van der Waals surface area contributed by atoms with Gasteiger partial charge in [0.1, 0.15) is 11.8 Å². The lowest BCUT2D eigenvalue weighted by atomic mass is 9.99. The second-order valence-corrected chi connectivity index (χ2v) is 8.22. The van der Waals surface area contributed by atoms with Crippen molar-refractivity contribution in [2.75, 3.05) is 13.7 Å². The molecule has 0 bridgehead atoms. The number of hydrogen-bond acceptors (Lipinski definition) is 4. The van der Waals surface area contributed by atoms with E-state index < -0.39 is 0 Å². The Hall–Kier alpha value is -3.12. The highest BCUT2D eigenvalue weighted by Gasteiger charge is 2.37. The van der Waals surface area contributed by atoms with Crippen LogP contribution in [0.25, 0.3) is 0 Å². The van der Waals surface area contributed by atoms with Crippen molar-refractivity contribution in [1.29, 1.82) is 0 Å². The fourth-order valence-corrected chi connectivity index (χ4v) is 4.27. The first-order valence-corrected chi connectivity index (χ1v) is 10.8. The molecule has 1 aliphatic heterocycles. The summed E-state index contributed by atoms with van der Waals surface area (Å²) in [4.78, 5) is 20.5. The molecule has 0 unspecified atom stereocenters. The van der Waals surface area contributed by atoms with Crippen LogP contribution in [0, 0.1) is 0 Å². The Balaban J connectivity index is 1.62. The zero-order chi connectivity index (χ0) is 21.8. The van der Waals surface area contributed by atoms with Gasteiger partial charge >= 0.3 is 0 Å². The van der Waals surface area contributed by atoms with E-state index in [1.54, 1.807) is 7.11 Å². The molecule has 162 valence electrons. The fourth-order valence-electron chi connectivity index (χ4n) is 4.27. The van der Waals surface area contributed by atoms with Gasteiger partial charge in [0.2, 0.25) is 5.91 Å². The normalized spacial score (nSPS) is 16.2. The number of carbonyl (C=O) groups is 1. The van der Waals surface area contributed by atoms with Crippen molar-refractivity contribution in [3.8, 4) is 5.75 Å². The first-order valence-electron chi connectivity index (χ1n) is 10.8. The van der Waals surface area contributed by atoms with Gasteiger partial charge in [0, 0.05) is 37.7 Å². The summed E-state index contributed by atoms with van der Waals surface area (Å²) in [5, 5.41) is 3.15. The monoisotopic (exact) mass is 418 g/mol. The van der Waals surface area contributed by atoms with Crippen molar-refractivity contribution in [3.63, 3.8) is 0 Å². The Morgan fingerprint density at radius 2 is 1.90 bits per heavy atom. The SMILES string of the molecule is COc1ccccc1CNC(=O)[C@@H]1c2c(ncn2C(C)C)CCN1Cc1ccccc1. The Kier molecular flexibility index (Phi) is 6.37. The highest BCUT2D eigenvalue weighted by Crippen LogP contribution is 2.33. The van der Waals surface area contributed by atoms with Crippen LogP contribution in [0.1, 0.15) is 48.4 Å². The number of rotatable bonds is 7. The molecule has 6 heteroatoms. The highest BCUT2D eigenvalue weighted by molar-refractivity contribution is 5.83. The molecular weight excluding hydrogens is 388 g/mol. The van der Waals surface area contributed by atoms with Crippen LogP contribution in [-0.4, -0.2) is 34.0 Å². The summed E-state index contributed by atoms with van der Waals surface area (Å²) in [5.74, 6) is 0.769. The minimum atomic E-state index is -0.386. The predicted octanol–water partition coefficient (Wildman–Crippen LogP) is 3.89. The number of carbonyl (C=O) groups excluding carboxylic acids is 1. The van der Waals surface area contributed by atoms with Crippen molar-refractivity contribution in [2.24, 2.45) is 0 Å². The van der Waals surface area contributed by atoms with E-state index >= 15 is 0 Å². The third kappa shape index (κ3) is 4.49. The molecule has 1 aromatic heterocycles. The molecule has 31 heavy (non-hydrogen) atoms. The minimum absolute atomic E-state index is 0.00909. The van der Waals surface area contributed by atoms with Gasteiger partial charge < -0.3 is 14.6 Å². The van der Waals surface area contributed by atoms with Gasteiger partial charge in [-0.3, -0.25) is 9.69 Å². The van der Waals surface area contributed by atoms with Gasteiger partial charge in [-0.15, -0.1) is 0 Å². The topological polar surface area (TPSA) is 59.4 Å². The summed E-state index contributed by atoms with van der Waals surface area (Å²) in [6.45, 7) is 6.19. The molecule has 4 rings (SSSR count). The average Bonchev–Trinajstić information content (AvgIpc) is 3.22. The van der Waals surface area contributed by atoms with Crippen LogP contribution in [0.3, 0.4) is 0 Å². The third-order valence-electron chi connectivity index (χ3n) is 5.85. The Morgan fingerprint density at radius 3 is 2.65 bits per heavy atom. The number of hydrogen-bond donors (Lipinski definition) is 1. The third-order valence-corrected chi connectivity index (χ3v) is 5.85. The number of benzene rings is 2. The number of nitrogens with one attached hydrogen (secondary N) is 1. The summed E-state index contributed by atoms with van der Waals surface area (Å²) in [6, 6.07) is 17.9. The molecule has 0 saturated heterocycles. The lowest BCUT2D eigenvalue weighted by Crippen LogP contribution is -2.45. The quantitative estimate of drug-likeness (QED) is 0.632. The largest absolute Gasteiger partial charge is 0.496 e. The van der Waals surface area contributed by atoms with Crippen molar-refractivity contribution >= 4 is 5.91 Å². The second-order valence-electron chi connectivity index (χ2n) is 8.22. The molecule has 3 aromatic rings. The Morgan fingerprint density at radius 1 is 1.16 bits per heavy atom. The van der Waals surface area contributed by atoms with Crippen LogP contribution < -0.4 is 10.1 Å². The second kappa shape index (κ2) is 9.35. The zero-order valence-corrected chi connectivity index (χ0v) is 18.4. The predicted molar refractivity (Wildman–Crippen MR) is 121 cm³/mol. The van der Waals surface area contributed by atoms with E-state index in [2.05, 4.69) is 45.7 Å². The van der Waals surface area contributed by atoms with Gasteiger partial charge in [0.25, 0.3) is 0 Å². The molecule has 1 aliphatic rings. The maximum absolute atomic E-state index is 13.6. The van der Waals surface area contributed by atoms with Gasteiger partial charge in [0.05, 0.1) is 24.8 Å². The van der Waals surface area contributed by atoms with Crippen molar-refractivity contribution in [1.82, 2.24) is 19.8 Å². The van der Waals surface area contributed by atoms with Gasteiger partial charge in [-0.25, -0.2) is 4.98 Å². The van der Waals surface area contributed by atoms with Crippen LogP contribution in [0.15, 0.2) is 60.9 Å². The molecule has 2 aromatic carbocycles. The molecule has 0 radical (unpaired) electrons. The lowest BCUT2D eigenvalue weighted by Gasteiger charge is -2.36. The molecular formula is C25H30N4O2. The molecule has 1 atom stereocenters. The Bertz CT molecular complexity index is 1030. The fraction of sp³-hybridized carbons (Fsp3) is 0.360. The summed E-state index contributed by atoms with van der Waals surface area (Å²) in [6.07, 6.45) is 2.72. The molecule has 2 heterocycles. The van der Waals surface area contributed by atoms with Crippen molar-refractivity contribution in [2.45, 2.75) is 45.4 Å². The number of nitrogens with zero attached hydrogens (tertiary/aromatic N) is 3. The van der Waals surface area contributed by atoms with Crippen LogP contribution in [0.5, 0.6) is 5.75 Å². The smallest absolute Gasteiger partial charge is 0.243 e. The van der Waals surface area contributed by atoms with Crippen LogP contribution in [0.2, 0.25) is 0 Å². The molecule has 1 N–H and O–H groups in total. The molecule has 0 fully saturated rings. The summed E-state index contributed by atoms with van der Waals surface area (Å²) >= 11 is 0. The van der Waals surface area contributed by atoms with Gasteiger partial charge in [-0.05, 0) is 25.5 Å². The van der Waals surface area contributed by atoms with E-state index in [4.69, 9.17) is 4.74 Å². The van der Waals surface area contributed by atoms with E-state index in [0.29, 0.717) is 6.54 Å². The summed E-state index contributed by atoms with van der Waals surface area (Å²) in [7, 11) is 1.65. The van der Waals surface area contributed by atoms with Gasteiger partial charge in [-0.2, -0.15) is 0 Å². The van der Waals surface area contributed by atoms with E-state index in [-0.39, 0.29) is 18.0 Å². The number of imidazole rings is 1. The van der Waals surface area contributed by atoms with Crippen molar-refractivity contribution in [3.05, 3.63) is 83.4 Å². The molecule has 0 saturated carbocycles. The number of fused-ring (bicyclic) bond motifs is 1. The Labute approximate surface area is 183 Å². The molecule has 6 nitrogen and oxygen atoms in total. The first kappa shape index (κ1) is 21.1. The molecule has 0 spiro atoms. The summed E-state index contributed by atoms with van der Waals surface area (Å²) < 4.78 is 7.58. The van der Waals surface area contributed by atoms with Gasteiger partial charge in [-0.1, -0.05) is 48.5 Å². The average molecular weight is 419 g/mol. The number of aromatic nitrogens is 2. The number of ether oxygens (including phenoxy) is 1. The zero-order valence-electron chi connectivity index (χ0n) is 18.4. The minimum Gasteiger partial charge on any atom is -0.496 e. The summed E-state index contributed by atoms with van der Waals surface area (Å²) in [5.41, 5.74) is 4.19. The highest BCUT2D eigenvalue weighted by atomic mass is 16.5. The number of amides is 1. The van der Waals surface area contributed by atoms with E-state index in [1.165, 1.54) is 5.56 Å². The molecule has 0 aliphatic carbocycles. The lowest BCUT2D eigenvalue weighted by molar-refractivity contribution is -0.127. The standard InChI is InChI=1S/C25H30N4O2/c1-18(2)29-17-27-21-13-14-28(16-19-9-5-4-6-10-19)24(23(21)29)25(30)26-15-20-11-7-8-12-22(20)31-3/h4-12,17-18,24H,13-16H2,1-3H3,(H,26,30)/t24-/m0/s1. The first-order chi connectivity index (χ1) is 15.1. The number of methoxy groups -OCH3 is 1. The number of para-hydroxylation sites is 1. The van der Waals surface area contributed by atoms with E-state index in [9.17, 15) is 4.79 Å². The van der Waals surface area contributed by atoms with E-state index in [1.807, 2.05) is 48.8 Å². The molecule has 1 amide bonds. The maximum Gasteiger partial charge on any atom is 0.243 e. The van der Waals surface area contributed by atoms with E-state index in [0.717, 1.165) is 42.2 Å². The van der Waals surface area contributed by atoms with Gasteiger partial charge in [0.15, 0.2) is 0 Å². The van der Waals surface area contributed by atoms with Crippen LogP contribution in [0.4, 0.5) is 0 Å².